The van der Waals surface area contributed by atoms with Crippen molar-refractivity contribution >= 4 is 5.78 Å². The van der Waals surface area contributed by atoms with E-state index in [9.17, 15) is 4.79 Å². The standard InChI is InChI=1S/C12H17N3O/c1-2-3-12(4-5-13-8-12)11(16)10-6-14-9-15-7-10/h6-7,9,13H,2-5,8H2,1H3. The van der Waals surface area contributed by atoms with Gasteiger partial charge in [0.05, 0.1) is 5.56 Å². The number of nitrogens with one attached hydrogen (secondary N) is 1. The number of Topliss-reactive ketones (excluding diaryl/α,β-unsaturated/α-hetero) is 1. The lowest BCUT2D eigenvalue weighted by Gasteiger charge is -2.25. The molecule has 1 aromatic rings. The Morgan fingerprint density at radius 2 is 2.25 bits per heavy atom. The Morgan fingerprint density at radius 3 is 2.81 bits per heavy atom. The van der Waals surface area contributed by atoms with E-state index in [1.54, 1.807) is 12.4 Å². The van der Waals surface area contributed by atoms with Crippen molar-refractivity contribution in [3.05, 3.63) is 24.3 Å². The van der Waals surface area contributed by atoms with Gasteiger partial charge in [-0.3, -0.25) is 4.79 Å². The predicted molar refractivity (Wildman–Crippen MR) is 61.2 cm³/mol. The van der Waals surface area contributed by atoms with Gasteiger partial charge in [0.2, 0.25) is 0 Å². The van der Waals surface area contributed by atoms with Gasteiger partial charge < -0.3 is 5.32 Å². The third-order valence-electron chi connectivity index (χ3n) is 3.28. The SMILES string of the molecule is CCCC1(C(=O)c2cncnc2)CCNC1. The molecule has 0 spiro atoms. The highest BCUT2D eigenvalue weighted by Crippen LogP contribution is 2.34. The Balaban J connectivity index is 2.24. The molecule has 0 amide bonds. The van der Waals surface area contributed by atoms with Crippen molar-refractivity contribution in [2.24, 2.45) is 5.41 Å². The quantitative estimate of drug-likeness (QED) is 0.778. The van der Waals surface area contributed by atoms with Crippen LogP contribution in [0.3, 0.4) is 0 Å². The molecule has 1 N–H and O–H groups in total. The van der Waals surface area contributed by atoms with Crippen LogP contribution in [0.4, 0.5) is 0 Å². The maximum Gasteiger partial charge on any atom is 0.173 e. The number of hydrogen-bond donors (Lipinski definition) is 1. The summed E-state index contributed by atoms with van der Waals surface area (Å²) in [6.45, 7) is 3.84. The fourth-order valence-electron chi connectivity index (χ4n) is 2.47. The molecular weight excluding hydrogens is 202 g/mol. The van der Waals surface area contributed by atoms with E-state index >= 15 is 0 Å². The molecule has 0 saturated carbocycles. The summed E-state index contributed by atoms with van der Waals surface area (Å²) < 4.78 is 0. The smallest absolute Gasteiger partial charge is 0.173 e. The largest absolute Gasteiger partial charge is 0.316 e. The lowest BCUT2D eigenvalue weighted by atomic mass is 9.76. The molecule has 2 heterocycles. The second-order valence-corrected chi connectivity index (χ2v) is 4.41. The molecule has 86 valence electrons. The Morgan fingerprint density at radius 1 is 1.50 bits per heavy atom. The molecule has 1 atom stereocenters. The molecule has 0 aromatic carbocycles. The molecule has 0 aliphatic carbocycles. The second kappa shape index (κ2) is 4.70. The lowest BCUT2D eigenvalue weighted by molar-refractivity contribution is 0.0801. The molecule has 1 saturated heterocycles. The number of nitrogens with zero attached hydrogens (tertiary/aromatic N) is 2. The summed E-state index contributed by atoms with van der Waals surface area (Å²) in [7, 11) is 0. The van der Waals surface area contributed by atoms with Crippen LogP contribution in [-0.4, -0.2) is 28.8 Å². The molecule has 1 fully saturated rings. The first-order chi connectivity index (χ1) is 7.78. The van der Waals surface area contributed by atoms with Crippen molar-refractivity contribution in [2.75, 3.05) is 13.1 Å². The number of ketones is 1. The Hall–Kier alpha value is -1.29. The number of carbonyl (C=O) groups excluding carboxylic acids is 1. The number of hydrogen-bond acceptors (Lipinski definition) is 4. The fourth-order valence-corrected chi connectivity index (χ4v) is 2.47. The highest BCUT2D eigenvalue weighted by atomic mass is 16.1. The number of rotatable bonds is 4. The van der Waals surface area contributed by atoms with Crippen LogP contribution in [0.15, 0.2) is 18.7 Å². The minimum Gasteiger partial charge on any atom is -0.316 e. The fraction of sp³-hybridized carbons (Fsp3) is 0.583. The molecular formula is C12H17N3O. The van der Waals surface area contributed by atoms with Gasteiger partial charge >= 0.3 is 0 Å². The second-order valence-electron chi connectivity index (χ2n) is 4.41. The summed E-state index contributed by atoms with van der Waals surface area (Å²) >= 11 is 0. The molecule has 16 heavy (non-hydrogen) atoms. The Kier molecular flexibility index (Phi) is 3.29. The molecule has 1 aliphatic heterocycles. The predicted octanol–water partition coefficient (Wildman–Crippen LogP) is 1.44. The van der Waals surface area contributed by atoms with Crippen molar-refractivity contribution in [3.63, 3.8) is 0 Å². The first kappa shape index (κ1) is 11.2. The van der Waals surface area contributed by atoms with E-state index < -0.39 is 0 Å². The van der Waals surface area contributed by atoms with Crippen molar-refractivity contribution < 1.29 is 4.79 Å². The van der Waals surface area contributed by atoms with E-state index in [2.05, 4.69) is 22.2 Å². The molecule has 4 nitrogen and oxygen atoms in total. The van der Waals surface area contributed by atoms with Gasteiger partial charge in [-0.2, -0.15) is 0 Å². The zero-order valence-electron chi connectivity index (χ0n) is 9.57. The van der Waals surface area contributed by atoms with E-state index in [0.29, 0.717) is 5.56 Å². The average molecular weight is 219 g/mol. The van der Waals surface area contributed by atoms with Crippen LogP contribution in [0.5, 0.6) is 0 Å². The molecule has 1 aromatic heterocycles. The third-order valence-corrected chi connectivity index (χ3v) is 3.28. The van der Waals surface area contributed by atoms with E-state index in [1.165, 1.54) is 6.33 Å². The molecule has 0 radical (unpaired) electrons. The zero-order chi connectivity index (χ0) is 11.4. The zero-order valence-corrected chi connectivity index (χ0v) is 9.57. The summed E-state index contributed by atoms with van der Waals surface area (Å²) in [4.78, 5) is 20.3. The number of aromatic nitrogens is 2. The van der Waals surface area contributed by atoms with E-state index in [1.807, 2.05) is 0 Å². The maximum absolute atomic E-state index is 12.4. The van der Waals surface area contributed by atoms with Crippen LogP contribution >= 0.6 is 0 Å². The van der Waals surface area contributed by atoms with E-state index in [4.69, 9.17) is 0 Å². The van der Waals surface area contributed by atoms with Gasteiger partial charge in [0.15, 0.2) is 5.78 Å². The van der Waals surface area contributed by atoms with Crippen LogP contribution in [0.1, 0.15) is 36.5 Å². The topological polar surface area (TPSA) is 54.9 Å². The molecule has 1 unspecified atom stereocenters. The van der Waals surface area contributed by atoms with Crippen LogP contribution in [-0.2, 0) is 0 Å². The van der Waals surface area contributed by atoms with Crippen molar-refractivity contribution in [2.45, 2.75) is 26.2 Å². The van der Waals surface area contributed by atoms with Crippen LogP contribution < -0.4 is 5.32 Å². The van der Waals surface area contributed by atoms with Gasteiger partial charge in [0.25, 0.3) is 0 Å². The Bertz CT molecular complexity index is 358. The summed E-state index contributed by atoms with van der Waals surface area (Å²) in [5.74, 6) is 0.194. The summed E-state index contributed by atoms with van der Waals surface area (Å²) in [6, 6.07) is 0. The van der Waals surface area contributed by atoms with Gasteiger partial charge in [0.1, 0.15) is 6.33 Å². The minimum atomic E-state index is -0.223. The third kappa shape index (κ3) is 1.97. The highest BCUT2D eigenvalue weighted by Gasteiger charge is 2.40. The van der Waals surface area contributed by atoms with Gasteiger partial charge in [-0.1, -0.05) is 13.3 Å². The van der Waals surface area contributed by atoms with Crippen LogP contribution in [0.25, 0.3) is 0 Å². The van der Waals surface area contributed by atoms with Gasteiger partial charge in [0, 0.05) is 24.4 Å². The molecule has 4 heteroatoms. The molecule has 2 rings (SSSR count). The minimum absolute atomic E-state index is 0.194. The number of carbonyl (C=O) groups is 1. The van der Waals surface area contributed by atoms with E-state index in [0.717, 1.165) is 32.4 Å². The maximum atomic E-state index is 12.4. The summed E-state index contributed by atoms with van der Waals surface area (Å²) in [5, 5.41) is 3.29. The normalized spacial score (nSPS) is 24.6. The van der Waals surface area contributed by atoms with E-state index in [-0.39, 0.29) is 11.2 Å². The first-order valence-electron chi connectivity index (χ1n) is 5.79. The van der Waals surface area contributed by atoms with Crippen LogP contribution in [0, 0.1) is 5.41 Å². The Labute approximate surface area is 95.5 Å². The first-order valence-corrected chi connectivity index (χ1v) is 5.79. The lowest BCUT2D eigenvalue weighted by Crippen LogP contribution is -2.33. The van der Waals surface area contributed by atoms with Gasteiger partial charge in [-0.15, -0.1) is 0 Å². The molecule has 1 aliphatic rings. The summed E-state index contributed by atoms with van der Waals surface area (Å²) in [5.41, 5.74) is 0.416. The van der Waals surface area contributed by atoms with Crippen molar-refractivity contribution in [1.29, 1.82) is 0 Å². The highest BCUT2D eigenvalue weighted by molar-refractivity contribution is 6.00. The van der Waals surface area contributed by atoms with Gasteiger partial charge in [-0.05, 0) is 19.4 Å². The van der Waals surface area contributed by atoms with Crippen molar-refractivity contribution in [3.8, 4) is 0 Å². The van der Waals surface area contributed by atoms with Crippen molar-refractivity contribution in [1.82, 2.24) is 15.3 Å². The monoisotopic (exact) mass is 219 g/mol. The summed E-state index contributed by atoms with van der Waals surface area (Å²) in [6.07, 6.45) is 7.58. The average Bonchev–Trinajstić information content (AvgIpc) is 2.80. The molecule has 0 bridgehead atoms. The van der Waals surface area contributed by atoms with Gasteiger partial charge in [-0.25, -0.2) is 9.97 Å². The van der Waals surface area contributed by atoms with Crippen LogP contribution in [0.2, 0.25) is 0 Å².